The molecule has 3 rings (SSSR count). The van der Waals surface area contributed by atoms with Crippen LogP contribution in [0.15, 0.2) is 16.7 Å². The maximum Gasteiger partial charge on any atom is 0.227 e. The van der Waals surface area contributed by atoms with E-state index in [0.717, 1.165) is 58.9 Å². The van der Waals surface area contributed by atoms with Crippen LogP contribution >= 0.6 is 11.6 Å². The van der Waals surface area contributed by atoms with E-state index in [1.807, 2.05) is 24.8 Å². The van der Waals surface area contributed by atoms with Crippen molar-refractivity contribution in [3.63, 3.8) is 0 Å². The highest BCUT2D eigenvalue weighted by molar-refractivity contribution is 6.33. The third-order valence-electron chi connectivity index (χ3n) is 4.49. The normalized spacial score (nSPS) is 16.5. The molecule has 1 amide bonds. The number of fused-ring (bicyclic) bond motifs is 1. The first kappa shape index (κ1) is 15.4. The zero-order valence-electron chi connectivity index (χ0n) is 13.3. The Balaban J connectivity index is 1.85. The molecule has 4 nitrogen and oxygen atoms in total. The van der Waals surface area contributed by atoms with Gasteiger partial charge >= 0.3 is 0 Å². The number of hydrogen-bond donors (Lipinski definition) is 0. The average molecular weight is 321 g/mol. The smallest absolute Gasteiger partial charge is 0.227 e. The summed E-state index contributed by atoms with van der Waals surface area (Å²) in [6.45, 7) is 7.40. The molecular formula is C17H21ClN2O2. The van der Waals surface area contributed by atoms with Crippen LogP contribution in [-0.4, -0.2) is 48.9 Å². The van der Waals surface area contributed by atoms with Crippen molar-refractivity contribution < 1.29 is 9.21 Å². The minimum absolute atomic E-state index is 0.159. The van der Waals surface area contributed by atoms with Gasteiger partial charge in [0.2, 0.25) is 5.91 Å². The molecule has 0 atom stereocenters. The van der Waals surface area contributed by atoms with Gasteiger partial charge in [-0.15, -0.1) is 0 Å². The zero-order chi connectivity index (χ0) is 15.9. The van der Waals surface area contributed by atoms with Crippen LogP contribution in [0.25, 0.3) is 11.0 Å². The maximum atomic E-state index is 12.5. The standard InChI is InChI=1S/C17H21ClN2O2/c1-11-8-14-16(12(2)17(11)18)13(10-22-14)9-15(21)20-6-4-19(3)5-7-20/h8,10H,4-7,9H2,1-3H3. The fourth-order valence-electron chi connectivity index (χ4n) is 3.07. The molecule has 0 saturated carbocycles. The summed E-state index contributed by atoms with van der Waals surface area (Å²) in [5, 5.41) is 1.74. The van der Waals surface area contributed by atoms with Gasteiger partial charge in [-0.3, -0.25) is 4.79 Å². The maximum absolute atomic E-state index is 12.5. The van der Waals surface area contributed by atoms with E-state index < -0.39 is 0 Å². The van der Waals surface area contributed by atoms with Gasteiger partial charge in [-0.25, -0.2) is 0 Å². The van der Waals surface area contributed by atoms with Crippen molar-refractivity contribution in [2.24, 2.45) is 0 Å². The van der Waals surface area contributed by atoms with Crippen LogP contribution in [0.1, 0.15) is 16.7 Å². The largest absolute Gasteiger partial charge is 0.464 e. The van der Waals surface area contributed by atoms with Gasteiger partial charge in [-0.1, -0.05) is 11.6 Å². The molecule has 0 spiro atoms. The predicted molar refractivity (Wildman–Crippen MR) is 88.5 cm³/mol. The number of rotatable bonds is 2. The molecule has 1 aliphatic heterocycles. The SMILES string of the molecule is Cc1cc2occ(CC(=O)N3CCN(C)CC3)c2c(C)c1Cl. The Hall–Kier alpha value is -1.52. The van der Waals surface area contributed by atoms with Crippen LogP contribution in [-0.2, 0) is 11.2 Å². The number of aryl methyl sites for hydroxylation is 2. The van der Waals surface area contributed by atoms with Gasteiger partial charge in [-0.05, 0) is 38.1 Å². The number of halogens is 1. The second kappa shape index (κ2) is 5.94. The van der Waals surface area contributed by atoms with Crippen molar-refractivity contribution >= 4 is 28.5 Å². The molecule has 1 aliphatic rings. The van der Waals surface area contributed by atoms with E-state index in [-0.39, 0.29) is 5.91 Å². The van der Waals surface area contributed by atoms with Gasteiger partial charge in [0.15, 0.2) is 0 Å². The van der Waals surface area contributed by atoms with Crippen molar-refractivity contribution in [1.82, 2.24) is 9.80 Å². The van der Waals surface area contributed by atoms with Crippen LogP contribution in [0.5, 0.6) is 0 Å². The molecule has 5 heteroatoms. The first-order chi connectivity index (χ1) is 10.5. The molecule has 22 heavy (non-hydrogen) atoms. The lowest BCUT2D eigenvalue weighted by Gasteiger charge is -2.32. The molecule has 0 radical (unpaired) electrons. The van der Waals surface area contributed by atoms with Gasteiger partial charge in [0.05, 0.1) is 12.7 Å². The molecule has 0 bridgehead atoms. The van der Waals surface area contributed by atoms with Crippen molar-refractivity contribution in [2.45, 2.75) is 20.3 Å². The van der Waals surface area contributed by atoms with Gasteiger partial charge in [0.1, 0.15) is 5.58 Å². The van der Waals surface area contributed by atoms with E-state index in [1.165, 1.54) is 0 Å². The Morgan fingerprint density at radius 1 is 1.27 bits per heavy atom. The monoisotopic (exact) mass is 320 g/mol. The quantitative estimate of drug-likeness (QED) is 0.853. The van der Waals surface area contributed by atoms with Crippen LogP contribution < -0.4 is 0 Å². The summed E-state index contributed by atoms with van der Waals surface area (Å²) >= 11 is 6.34. The summed E-state index contributed by atoms with van der Waals surface area (Å²) in [7, 11) is 2.08. The van der Waals surface area contributed by atoms with Crippen molar-refractivity contribution in [1.29, 1.82) is 0 Å². The number of carbonyl (C=O) groups excluding carboxylic acids is 1. The molecule has 0 aliphatic carbocycles. The van der Waals surface area contributed by atoms with E-state index in [9.17, 15) is 4.79 Å². The van der Waals surface area contributed by atoms with Crippen LogP contribution in [0, 0.1) is 13.8 Å². The highest BCUT2D eigenvalue weighted by atomic mass is 35.5. The molecule has 118 valence electrons. The molecule has 0 N–H and O–H groups in total. The lowest BCUT2D eigenvalue weighted by molar-refractivity contribution is -0.132. The summed E-state index contributed by atoms with van der Waals surface area (Å²) in [6, 6.07) is 1.94. The fraction of sp³-hybridized carbons (Fsp3) is 0.471. The Labute approximate surface area is 135 Å². The minimum atomic E-state index is 0.159. The van der Waals surface area contributed by atoms with Gasteiger partial charge in [-0.2, -0.15) is 0 Å². The molecule has 1 aromatic heterocycles. The summed E-state index contributed by atoms with van der Waals surface area (Å²) < 4.78 is 5.63. The molecule has 2 heterocycles. The lowest BCUT2D eigenvalue weighted by Crippen LogP contribution is -2.47. The Kier molecular flexibility index (Phi) is 4.15. The average Bonchev–Trinajstić information content (AvgIpc) is 2.88. The fourth-order valence-corrected chi connectivity index (χ4v) is 3.22. The number of furan rings is 1. The highest BCUT2D eigenvalue weighted by Crippen LogP contribution is 2.32. The van der Waals surface area contributed by atoms with E-state index in [2.05, 4.69) is 11.9 Å². The first-order valence-electron chi connectivity index (χ1n) is 7.59. The highest BCUT2D eigenvalue weighted by Gasteiger charge is 2.21. The number of likely N-dealkylation sites (N-methyl/N-ethyl adjacent to an activating group) is 1. The number of benzene rings is 1. The Morgan fingerprint density at radius 3 is 2.64 bits per heavy atom. The number of piperazine rings is 1. The Bertz CT molecular complexity index is 715. The number of hydrogen-bond acceptors (Lipinski definition) is 3. The van der Waals surface area contributed by atoms with Gasteiger partial charge < -0.3 is 14.2 Å². The summed E-state index contributed by atoms with van der Waals surface area (Å²) in [5.41, 5.74) is 3.73. The number of nitrogens with zero attached hydrogens (tertiary/aromatic N) is 2. The van der Waals surface area contributed by atoms with Crippen molar-refractivity contribution in [2.75, 3.05) is 33.2 Å². The second-order valence-corrected chi connectivity index (χ2v) is 6.51. The Morgan fingerprint density at radius 2 is 1.95 bits per heavy atom. The van der Waals surface area contributed by atoms with Crippen molar-refractivity contribution in [3.05, 3.63) is 34.0 Å². The van der Waals surface area contributed by atoms with Gasteiger partial charge in [0.25, 0.3) is 0 Å². The molecule has 1 fully saturated rings. The van der Waals surface area contributed by atoms with E-state index >= 15 is 0 Å². The van der Waals surface area contributed by atoms with Crippen LogP contribution in [0.2, 0.25) is 5.02 Å². The molecular weight excluding hydrogens is 300 g/mol. The molecule has 1 saturated heterocycles. The third-order valence-corrected chi connectivity index (χ3v) is 5.07. The molecule has 0 unspecified atom stereocenters. The van der Waals surface area contributed by atoms with E-state index in [1.54, 1.807) is 6.26 Å². The van der Waals surface area contributed by atoms with Crippen LogP contribution in [0.4, 0.5) is 0 Å². The van der Waals surface area contributed by atoms with E-state index in [0.29, 0.717) is 6.42 Å². The summed E-state index contributed by atoms with van der Waals surface area (Å²) in [4.78, 5) is 16.7. The topological polar surface area (TPSA) is 36.7 Å². The van der Waals surface area contributed by atoms with Gasteiger partial charge in [0, 0.05) is 42.2 Å². The van der Waals surface area contributed by atoms with E-state index in [4.69, 9.17) is 16.0 Å². The lowest BCUT2D eigenvalue weighted by atomic mass is 10.0. The number of amides is 1. The number of carbonyl (C=O) groups is 1. The van der Waals surface area contributed by atoms with Crippen LogP contribution in [0.3, 0.4) is 0 Å². The van der Waals surface area contributed by atoms with Crippen molar-refractivity contribution in [3.8, 4) is 0 Å². The predicted octanol–water partition coefficient (Wildman–Crippen LogP) is 3.02. The minimum Gasteiger partial charge on any atom is -0.464 e. The second-order valence-electron chi connectivity index (χ2n) is 6.13. The first-order valence-corrected chi connectivity index (χ1v) is 7.97. The zero-order valence-corrected chi connectivity index (χ0v) is 14.0. The molecule has 1 aromatic carbocycles. The summed E-state index contributed by atoms with van der Waals surface area (Å²) in [5.74, 6) is 0.159. The third kappa shape index (κ3) is 2.73. The molecule has 2 aromatic rings. The summed E-state index contributed by atoms with van der Waals surface area (Å²) in [6.07, 6.45) is 2.07.